The van der Waals surface area contributed by atoms with Gasteiger partial charge >= 0.3 is 0 Å². The van der Waals surface area contributed by atoms with Gasteiger partial charge in [0.2, 0.25) is 0 Å². The van der Waals surface area contributed by atoms with Crippen LogP contribution in [0.4, 0.5) is 0 Å². The number of thiophene rings is 1. The Hall–Kier alpha value is -0.920. The number of nitrogens with zero attached hydrogens (tertiary/aromatic N) is 3. The highest BCUT2D eigenvalue weighted by Gasteiger charge is 2.14. The molecule has 0 unspecified atom stereocenters. The van der Waals surface area contributed by atoms with Gasteiger partial charge in [0.05, 0.1) is 12.2 Å². The van der Waals surface area contributed by atoms with E-state index in [-0.39, 0.29) is 0 Å². The van der Waals surface area contributed by atoms with Crippen LogP contribution < -0.4 is 0 Å². The SMILES string of the molecule is Cc1nn(C)c2c1[nH]c(=S)n2Cc1sccc1Br. The van der Waals surface area contributed by atoms with E-state index in [9.17, 15) is 0 Å². The summed E-state index contributed by atoms with van der Waals surface area (Å²) in [4.78, 5) is 4.49. The van der Waals surface area contributed by atoms with Crippen molar-refractivity contribution >= 4 is 50.6 Å². The van der Waals surface area contributed by atoms with Crippen LogP contribution in [-0.2, 0) is 13.6 Å². The van der Waals surface area contributed by atoms with Crippen LogP contribution in [0.25, 0.3) is 11.2 Å². The summed E-state index contributed by atoms with van der Waals surface area (Å²) >= 11 is 10.7. The first-order valence-electron chi connectivity index (χ1n) is 5.42. The number of halogens is 1. The van der Waals surface area contributed by atoms with Crippen molar-refractivity contribution in [2.75, 3.05) is 0 Å². The normalized spacial score (nSPS) is 11.5. The molecule has 94 valence electrons. The van der Waals surface area contributed by atoms with Gasteiger partial charge in [0.1, 0.15) is 5.52 Å². The molecule has 3 heterocycles. The van der Waals surface area contributed by atoms with E-state index in [1.54, 1.807) is 11.3 Å². The lowest BCUT2D eigenvalue weighted by Gasteiger charge is -2.03. The molecular formula is C11H11BrN4S2. The quantitative estimate of drug-likeness (QED) is 0.722. The number of hydrogen-bond acceptors (Lipinski definition) is 3. The van der Waals surface area contributed by atoms with E-state index in [2.05, 4.69) is 42.0 Å². The van der Waals surface area contributed by atoms with Crippen LogP contribution in [0.2, 0.25) is 0 Å². The monoisotopic (exact) mass is 342 g/mol. The molecule has 0 aliphatic heterocycles. The van der Waals surface area contributed by atoms with Gasteiger partial charge < -0.3 is 4.98 Å². The molecular weight excluding hydrogens is 332 g/mol. The zero-order valence-electron chi connectivity index (χ0n) is 9.90. The number of fused-ring (bicyclic) bond motifs is 1. The van der Waals surface area contributed by atoms with Gasteiger partial charge in [0.25, 0.3) is 0 Å². The second kappa shape index (κ2) is 4.32. The van der Waals surface area contributed by atoms with Gasteiger partial charge in [-0.25, -0.2) is 0 Å². The van der Waals surface area contributed by atoms with Crippen LogP contribution in [0.5, 0.6) is 0 Å². The van der Waals surface area contributed by atoms with Gasteiger partial charge in [0.15, 0.2) is 10.4 Å². The van der Waals surface area contributed by atoms with E-state index in [0.29, 0.717) is 0 Å². The number of hydrogen-bond donors (Lipinski definition) is 1. The predicted molar refractivity (Wildman–Crippen MR) is 79.7 cm³/mol. The first-order valence-corrected chi connectivity index (χ1v) is 7.50. The Balaban J connectivity index is 2.20. The van der Waals surface area contributed by atoms with Gasteiger partial charge in [-0.05, 0) is 46.5 Å². The van der Waals surface area contributed by atoms with Gasteiger partial charge in [0, 0.05) is 16.4 Å². The fourth-order valence-electron chi connectivity index (χ4n) is 2.10. The average molecular weight is 343 g/mol. The van der Waals surface area contributed by atoms with E-state index in [0.717, 1.165) is 32.6 Å². The van der Waals surface area contributed by atoms with E-state index in [4.69, 9.17) is 12.2 Å². The van der Waals surface area contributed by atoms with Crippen LogP contribution in [0, 0.1) is 11.7 Å². The predicted octanol–water partition coefficient (Wildman–Crippen LogP) is 3.61. The third-order valence-electron chi connectivity index (χ3n) is 2.92. The molecule has 0 amide bonds. The maximum Gasteiger partial charge on any atom is 0.179 e. The molecule has 18 heavy (non-hydrogen) atoms. The number of imidazole rings is 1. The molecule has 0 radical (unpaired) electrons. The Morgan fingerprint density at radius 1 is 1.56 bits per heavy atom. The smallest absolute Gasteiger partial charge is 0.179 e. The number of H-pyrrole nitrogens is 1. The van der Waals surface area contributed by atoms with E-state index < -0.39 is 0 Å². The van der Waals surface area contributed by atoms with Crippen molar-refractivity contribution in [3.63, 3.8) is 0 Å². The average Bonchev–Trinajstić information content (AvgIpc) is 2.92. The molecule has 0 fully saturated rings. The molecule has 0 aromatic carbocycles. The molecule has 3 aromatic heterocycles. The lowest BCUT2D eigenvalue weighted by atomic mass is 10.4. The summed E-state index contributed by atoms with van der Waals surface area (Å²) in [5.41, 5.74) is 3.04. The Kier molecular flexibility index (Phi) is 2.91. The van der Waals surface area contributed by atoms with Gasteiger partial charge in [-0.3, -0.25) is 9.25 Å². The highest BCUT2D eigenvalue weighted by atomic mass is 79.9. The maximum atomic E-state index is 5.40. The molecule has 3 aromatic rings. The summed E-state index contributed by atoms with van der Waals surface area (Å²) in [6.45, 7) is 2.75. The molecule has 0 aliphatic carbocycles. The van der Waals surface area contributed by atoms with Crippen LogP contribution in [0.1, 0.15) is 10.6 Å². The Morgan fingerprint density at radius 2 is 2.33 bits per heavy atom. The Bertz CT molecular complexity index is 777. The zero-order valence-corrected chi connectivity index (χ0v) is 13.1. The van der Waals surface area contributed by atoms with E-state index >= 15 is 0 Å². The second-order valence-corrected chi connectivity index (χ2v) is 6.36. The van der Waals surface area contributed by atoms with Crippen molar-refractivity contribution in [2.45, 2.75) is 13.5 Å². The fourth-order valence-corrected chi connectivity index (χ4v) is 3.82. The minimum Gasteiger partial charge on any atom is -0.328 e. The largest absolute Gasteiger partial charge is 0.328 e. The minimum absolute atomic E-state index is 0.737. The third kappa shape index (κ3) is 1.77. The number of aromatic amines is 1. The van der Waals surface area contributed by atoms with Crippen LogP contribution >= 0.6 is 39.5 Å². The Labute approximate surface area is 121 Å². The van der Waals surface area contributed by atoms with Crippen molar-refractivity contribution in [1.29, 1.82) is 0 Å². The summed E-state index contributed by atoms with van der Waals surface area (Å²) in [6.07, 6.45) is 0. The van der Waals surface area contributed by atoms with Crippen molar-refractivity contribution in [3.8, 4) is 0 Å². The number of nitrogens with one attached hydrogen (secondary N) is 1. The molecule has 4 nitrogen and oxygen atoms in total. The third-order valence-corrected chi connectivity index (χ3v) is 5.15. The van der Waals surface area contributed by atoms with Gasteiger partial charge in [-0.1, -0.05) is 0 Å². The maximum absolute atomic E-state index is 5.40. The molecule has 0 bridgehead atoms. The van der Waals surface area contributed by atoms with Crippen molar-refractivity contribution < 1.29 is 0 Å². The molecule has 1 N–H and O–H groups in total. The zero-order chi connectivity index (χ0) is 12.9. The number of rotatable bonds is 2. The van der Waals surface area contributed by atoms with Gasteiger partial charge in [-0.2, -0.15) is 5.10 Å². The second-order valence-electron chi connectivity index (χ2n) is 4.12. The van der Waals surface area contributed by atoms with E-state index in [1.165, 1.54) is 4.88 Å². The molecule has 0 atom stereocenters. The highest BCUT2D eigenvalue weighted by Crippen LogP contribution is 2.26. The topological polar surface area (TPSA) is 38.5 Å². The fraction of sp³-hybridized carbons (Fsp3) is 0.273. The highest BCUT2D eigenvalue weighted by molar-refractivity contribution is 9.10. The first-order chi connectivity index (χ1) is 8.58. The van der Waals surface area contributed by atoms with E-state index in [1.807, 2.05) is 18.7 Å². The minimum atomic E-state index is 0.737. The van der Waals surface area contributed by atoms with Crippen molar-refractivity contribution in [3.05, 3.63) is 31.3 Å². The van der Waals surface area contributed by atoms with Crippen LogP contribution in [0.15, 0.2) is 15.9 Å². The lowest BCUT2D eigenvalue weighted by Crippen LogP contribution is -2.03. The molecule has 0 spiro atoms. The molecule has 7 heteroatoms. The first kappa shape index (κ1) is 12.1. The summed E-state index contributed by atoms with van der Waals surface area (Å²) in [5, 5.41) is 6.48. The van der Waals surface area contributed by atoms with Crippen LogP contribution in [0.3, 0.4) is 0 Å². The van der Waals surface area contributed by atoms with Crippen LogP contribution in [-0.4, -0.2) is 19.3 Å². The van der Waals surface area contributed by atoms with Crippen molar-refractivity contribution in [1.82, 2.24) is 19.3 Å². The molecule has 0 aliphatic rings. The standard InChI is InChI=1S/C11H11BrN4S2/c1-6-9-10(15(2)14-6)16(11(17)13-9)5-8-7(12)3-4-18-8/h3-4H,5H2,1-2H3,(H,13,17). The number of aromatic nitrogens is 4. The summed E-state index contributed by atoms with van der Waals surface area (Å²) in [6, 6.07) is 2.06. The van der Waals surface area contributed by atoms with Gasteiger partial charge in [-0.15, -0.1) is 11.3 Å². The molecule has 0 saturated carbocycles. The molecule has 3 rings (SSSR count). The summed E-state index contributed by atoms with van der Waals surface area (Å²) in [5.74, 6) is 0. The Morgan fingerprint density at radius 3 is 3.00 bits per heavy atom. The lowest BCUT2D eigenvalue weighted by molar-refractivity contribution is 0.718. The number of aryl methyl sites for hydroxylation is 2. The summed E-state index contributed by atoms with van der Waals surface area (Å²) < 4.78 is 5.82. The molecule has 0 saturated heterocycles. The summed E-state index contributed by atoms with van der Waals surface area (Å²) in [7, 11) is 1.94. The van der Waals surface area contributed by atoms with Crippen molar-refractivity contribution in [2.24, 2.45) is 7.05 Å².